The molecule has 1 aliphatic heterocycles. The van der Waals surface area contributed by atoms with Crippen LogP contribution >= 0.6 is 0 Å². The number of hydrogen-bond donors (Lipinski definition) is 3. The fourth-order valence-electron chi connectivity index (χ4n) is 4.16. The van der Waals surface area contributed by atoms with E-state index in [0.717, 1.165) is 24.0 Å². The molecule has 208 valence electrons. The molecule has 1 aliphatic rings. The first-order chi connectivity index (χ1) is 19.4. The van der Waals surface area contributed by atoms with Gasteiger partial charge in [0.05, 0.1) is 0 Å². The van der Waals surface area contributed by atoms with Crippen molar-refractivity contribution in [2.75, 3.05) is 13.1 Å². The molecule has 0 spiro atoms. The van der Waals surface area contributed by atoms with Crippen molar-refractivity contribution in [2.45, 2.75) is 38.5 Å². The van der Waals surface area contributed by atoms with Gasteiger partial charge >= 0.3 is 18.2 Å². The number of rotatable bonds is 10. The van der Waals surface area contributed by atoms with Gasteiger partial charge in [-0.25, -0.2) is 14.4 Å². The zero-order chi connectivity index (χ0) is 28.3. The molecule has 0 aromatic heterocycles. The summed E-state index contributed by atoms with van der Waals surface area (Å²) in [6.07, 6.45) is 1.01. The van der Waals surface area contributed by atoms with Gasteiger partial charge in [-0.1, -0.05) is 54.6 Å². The molecule has 0 radical (unpaired) electrons. The molecule has 1 saturated heterocycles. The molecule has 0 bridgehead atoms. The lowest BCUT2D eigenvalue weighted by Gasteiger charge is -2.16. The second-order valence-corrected chi connectivity index (χ2v) is 9.39. The summed E-state index contributed by atoms with van der Waals surface area (Å²) in [5.74, 6) is -1.34. The number of ether oxygens (including phenoxy) is 2. The number of carboxylic acids is 1. The van der Waals surface area contributed by atoms with E-state index in [1.165, 1.54) is 0 Å². The molecule has 40 heavy (non-hydrogen) atoms. The van der Waals surface area contributed by atoms with E-state index >= 15 is 0 Å². The van der Waals surface area contributed by atoms with E-state index in [4.69, 9.17) is 9.47 Å². The number of carboxylic acid groups (broad SMARTS) is 1. The Balaban J connectivity index is 1.24. The van der Waals surface area contributed by atoms with E-state index in [2.05, 4.69) is 10.6 Å². The molecule has 1 fully saturated rings. The van der Waals surface area contributed by atoms with Crippen LogP contribution in [0.25, 0.3) is 0 Å². The number of alkyl carbamates (subject to hydrolysis) is 1. The highest BCUT2D eigenvalue weighted by atomic mass is 16.6. The fraction of sp³-hybridized carbons (Fsp3) is 0.267. The summed E-state index contributed by atoms with van der Waals surface area (Å²) in [5, 5.41) is 14.9. The van der Waals surface area contributed by atoms with Crippen LogP contribution in [0.4, 0.5) is 9.59 Å². The van der Waals surface area contributed by atoms with Crippen molar-refractivity contribution in [3.63, 3.8) is 0 Å². The van der Waals surface area contributed by atoms with Gasteiger partial charge in [0.1, 0.15) is 18.4 Å². The van der Waals surface area contributed by atoms with Crippen molar-refractivity contribution in [1.82, 2.24) is 15.5 Å². The van der Waals surface area contributed by atoms with Crippen molar-refractivity contribution < 1.29 is 33.8 Å². The fourth-order valence-corrected chi connectivity index (χ4v) is 4.16. The average Bonchev–Trinajstić information content (AvgIpc) is 3.52. The smallest absolute Gasteiger partial charge is 0.415 e. The van der Waals surface area contributed by atoms with Gasteiger partial charge < -0.3 is 30.1 Å². The number of amides is 3. The van der Waals surface area contributed by atoms with Gasteiger partial charge in [-0.2, -0.15) is 0 Å². The van der Waals surface area contributed by atoms with Crippen molar-refractivity contribution in [3.05, 3.63) is 101 Å². The second kappa shape index (κ2) is 13.8. The van der Waals surface area contributed by atoms with Crippen LogP contribution in [0.3, 0.4) is 0 Å². The summed E-state index contributed by atoms with van der Waals surface area (Å²) in [5.41, 5.74) is 2.57. The van der Waals surface area contributed by atoms with Crippen LogP contribution in [0.15, 0.2) is 78.9 Å². The third kappa shape index (κ3) is 8.32. The Morgan fingerprint density at radius 1 is 0.825 bits per heavy atom. The molecular formula is C30H31N3O7. The maximum Gasteiger partial charge on any atom is 0.415 e. The maximum atomic E-state index is 12.7. The lowest BCUT2D eigenvalue weighted by atomic mass is 10.0. The molecule has 10 nitrogen and oxygen atoms in total. The zero-order valence-electron chi connectivity index (χ0n) is 21.9. The van der Waals surface area contributed by atoms with Gasteiger partial charge in [0.15, 0.2) is 0 Å². The highest BCUT2D eigenvalue weighted by molar-refractivity contribution is 5.96. The van der Waals surface area contributed by atoms with Gasteiger partial charge in [-0.05, 0) is 53.8 Å². The molecule has 3 N–H and O–H groups in total. The number of nitrogens with zero attached hydrogens (tertiary/aromatic N) is 1. The number of nitrogens with one attached hydrogen (secondary N) is 2. The molecule has 3 amide bonds. The molecule has 10 heteroatoms. The number of benzene rings is 3. The lowest BCUT2D eigenvalue weighted by molar-refractivity contribution is -0.139. The first kappa shape index (κ1) is 28.2. The van der Waals surface area contributed by atoms with Crippen LogP contribution in [-0.4, -0.2) is 53.2 Å². The third-order valence-corrected chi connectivity index (χ3v) is 6.40. The predicted octanol–water partition coefficient (Wildman–Crippen LogP) is 4.13. The molecule has 4 rings (SSSR count). The number of carbonyl (C=O) groups excluding carboxylic acids is 3. The topological polar surface area (TPSA) is 134 Å². The Morgan fingerprint density at radius 2 is 1.48 bits per heavy atom. The minimum Gasteiger partial charge on any atom is -0.480 e. The van der Waals surface area contributed by atoms with Gasteiger partial charge in [-0.15, -0.1) is 0 Å². The Labute approximate surface area is 231 Å². The van der Waals surface area contributed by atoms with Crippen LogP contribution in [0.1, 0.15) is 39.9 Å². The van der Waals surface area contributed by atoms with Crippen LogP contribution in [0.2, 0.25) is 0 Å². The van der Waals surface area contributed by atoms with E-state index in [1.807, 2.05) is 30.3 Å². The standard InChI is InChI=1S/C30H31N3O7/c34-27(24-12-8-22(9-13-24)19-31-29(37)39-20-23-6-2-1-3-7-23)32-26(28(35)36)18-21-10-14-25(15-11-21)40-30(38)33-16-4-5-17-33/h1-3,6-15,26H,4-5,16-20H2,(H,31,37)(H,32,34)(H,35,36)/t26-/m0/s1. The molecular weight excluding hydrogens is 514 g/mol. The van der Waals surface area contributed by atoms with Crippen molar-refractivity contribution in [2.24, 2.45) is 0 Å². The van der Waals surface area contributed by atoms with Gasteiger partial charge in [0, 0.05) is 31.6 Å². The molecule has 3 aromatic rings. The summed E-state index contributed by atoms with van der Waals surface area (Å²) in [4.78, 5) is 50.3. The highest BCUT2D eigenvalue weighted by Crippen LogP contribution is 2.17. The van der Waals surface area contributed by atoms with E-state index < -0.39 is 30.1 Å². The summed E-state index contributed by atoms with van der Waals surface area (Å²) < 4.78 is 10.5. The monoisotopic (exact) mass is 545 g/mol. The minimum absolute atomic E-state index is 0.0501. The predicted molar refractivity (Wildman–Crippen MR) is 146 cm³/mol. The molecule has 0 unspecified atom stereocenters. The molecule has 1 atom stereocenters. The highest BCUT2D eigenvalue weighted by Gasteiger charge is 2.22. The molecule has 0 aliphatic carbocycles. The minimum atomic E-state index is -1.17. The van der Waals surface area contributed by atoms with Gasteiger partial charge in [0.2, 0.25) is 0 Å². The van der Waals surface area contributed by atoms with E-state index in [0.29, 0.717) is 24.4 Å². The second-order valence-electron chi connectivity index (χ2n) is 9.39. The normalized spacial score (nSPS) is 13.2. The van der Waals surface area contributed by atoms with E-state index in [1.54, 1.807) is 53.4 Å². The van der Waals surface area contributed by atoms with E-state index in [-0.39, 0.29) is 25.1 Å². The van der Waals surface area contributed by atoms with Crippen molar-refractivity contribution in [1.29, 1.82) is 0 Å². The SMILES string of the molecule is O=C(NCc1ccc(C(=O)N[C@@H](Cc2ccc(OC(=O)N3CCCC3)cc2)C(=O)O)cc1)OCc1ccccc1. The van der Waals surface area contributed by atoms with Crippen LogP contribution in [-0.2, 0) is 29.1 Å². The summed E-state index contributed by atoms with van der Waals surface area (Å²) in [7, 11) is 0. The van der Waals surface area contributed by atoms with Gasteiger partial charge in [0.25, 0.3) is 5.91 Å². The Bertz CT molecular complexity index is 1310. The number of hydrogen-bond acceptors (Lipinski definition) is 6. The molecule has 3 aromatic carbocycles. The number of aliphatic carboxylic acids is 1. The van der Waals surface area contributed by atoms with Gasteiger partial charge in [-0.3, -0.25) is 4.79 Å². The third-order valence-electron chi connectivity index (χ3n) is 6.40. The van der Waals surface area contributed by atoms with E-state index in [9.17, 15) is 24.3 Å². The first-order valence-electron chi connectivity index (χ1n) is 13.0. The maximum absolute atomic E-state index is 12.7. The van der Waals surface area contributed by atoms with Crippen LogP contribution in [0, 0.1) is 0 Å². The largest absolute Gasteiger partial charge is 0.480 e. The zero-order valence-corrected chi connectivity index (χ0v) is 21.9. The number of carbonyl (C=O) groups is 4. The molecule has 1 heterocycles. The van der Waals surface area contributed by atoms with Crippen molar-refractivity contribution >= 4 is 24.1 Å². The molecule has 0 saturated carbocycles. The summed E-state index contributed by atoms with van der Waals surface area (Å²) in [6, 6.07) is 21.2. The quantitative estimate of drug-likeness (QED) is 0.349. The first-order valence-corrected chi connectivity index (χ1v) is 13.0. The lowest BCUT2D eigenvalue weighted by Crippen LogP contribution is -2.42. The summed E-state index contributed by atoms with van der Waals surface area (Å²) >= 11 is 0. The summed E-state index contributed by atoms with van der Waals surface area (Å²) in [6.45, 7) is 1.73. The van der Waals surface area contributed by atoms with Crippen LogP contribution in [0.5, 0.6) is 5.75 Å². The van der Waals surface area contributed by atoms with Crippen LogP contribution < -0.4 is 15.4 Å². The average molecular weight is 546 g/mol. The Morgan fingerprint density at radius 3 is 2.12 bits per heavy atom. The van der Waals surface area contributed by atoms with Crippen molar-refractivity contribution in [3.8, 4) is 5.75 Å². The number of likely N-dealkylation sites (tertiary alicyclic amines) is 1. The Kier molecular flexibility index (Phi) is 9.71. The Hall–Kier alpha value is -4.86.